The Morgan fingerprint density at radius 1 is 1.36 bits per heavy atom. The Morgan fingerprint density at radius 2 is 2.05 bits per heavy atom. The standard InChI is InChI=1S/C14H13Cl3N2OS.ClH/c15-7-3-8(16)11-10(4-7)21-13(12(11)17)14(20)19-9(5-18)6-1-2-6;/h3-4,6,9H,1-2,5,18H2,(H,19,20);1H. The molecule has 1 aromatic heterocycles. The monoisotopic (exact) mass is 398 g/mol. The fourth-order valence-corrected chi connectivity index (χ4v) is 4.64. The average molecular weight is 400 g/mol. The second kappa shape index (κ2) is 7.12. The van der Waals surface area contributed by atoms with Crippen LogP contribution >= 0.6 is 58.5 Å². The summed E-state index contributed by atoms with van der Waals surface area (Å²) < 4.78 is 0.804. The number of nitrogens with one attached hydrogen (secondary N) is 1. The highest BCUT2D eigenvalue weighted by molar-refractivity contribution is 7.21. The molecule has 3 rings (SSSR count). The summed E-state index contributed by atoms with van der Waals surface area (Å²) in [6.45, 7) is 0.436. The molecule has 1 heterocycles. The highest BCUT2D eigenvalue weighted by Crippen LogP contribution is 2.41. The molecule has 0 radical (unpaired) electrons. The molecule has 1 amide bonds. The molecule has 3 N–H and O–H groups in total. The van der Waals surface area contributed by atoms with Crippen molar-refractivity contribution in [3.63, 3.8) is 0 Å². The number of halogens is 4. The number of hydrogen-bond acceptors (Lipinski definition) is 3. The summed E-state index contributed by atoms with van der Waals surface area (Å²) in [5.41, 5.74) is 5.71. The van der Waals surface area contributed by atoms with E-state index in [0.29, 0.717) is 37.8 Å². The molecular weight excluding hydrogens is 386 g/mol. The average Bonchev–Trinajstić information content (AvgIpc) is 3.20. The minimum atomic E-state index is -0.198. The normalized spacial score (nSPS) is 15.5. The smallest absolute Gasteiger partial charge is 0.263 e. The number of fused-ring (bicyclic) bond motifs is 1. The first kappa shape index (κ1) is 18.1. The maximum absolute atomic E-state index is 12.4. The van der Waals surface area contributed by atoms with Crippen molar-refractivity contribution in [2.45, 2.75) is 18.9 Å². The molecule has 1 fully saturated rings. The van der Waals surface area contributed by atoms with Crippen LogP contribution in [0.2, 0.25) is 15.1 Å². The van der Waals surface area contributed by atoms with Gasteiger partial charge in [0.05, 0.1) is 10.0 Å². The Bertz CT molecular complexity index is 714. The number of hydrogen-bond donors (Lipinski definition) is 2. The Labute approximate surface area is 153 Å². The number of carbonyl (C=O) groups excluding carboxylic acids is 1. The van der Waals surface area contributed by atoms with Crippen molar-refractivity contribution in [2.75, 3.05) is 6.54 Å². The van der Waals surface area contributed by atoms with E-state index < -0.39 is 0 Å². The van der Waals surface area contributed by atoms with Gasteiger partial charge in [0.1, 0.15) is 4.88 Å². The van der Waals surface area contributed by atoms with E-state index in [4.69, 9.17) is 40.5 Å². The third-order valence-electron chi connectivity index (χ3n) is 3.62. The van der Waals surface area contributed by atoms with Crippen molar-refractivity contribution in [3.8, 4) is 0 Å². The third-order valence-corrected chi connectivity index (χ3v) is 5.76. The summed E-state index contributed by atoms with van der Waals surface area (Å²) in [6.07, 6.45) is 2.23. The molecule has 0 aliphatic heterocycles. The van der Waals surface area contributed by atoms with Gasteiger partial charge in [-0.2, -0.15) is 0 Å². The summed E-state index contributed by atoms with van der Waals surface area (Å²) >= 11 is 19.8. The van der Waals surface area contributed by atoms with Crippen LogP contribution in [0.3, 0.4) is 0 Å². The fourth-order valence-electron chi connectivity index (χ4n) is 2.36. The maximum atomic E-state index is 12.4. The molecular formula is C14H14Cl4N2OS. The second-order valence-electron chi connectivity index (χ2n) is 5.16. The summed E-state index contributed by atoms with van der Waals surface area (Å²) in [5.74, 6) is 0.292. The van der Waals surface area contributed by atoms with Crippen molar-refractivity contribution in [2.24, 2.45) is 11.7 Å². The molecule has 2 aromatic rings. The van der Waals surface area contributed by atoms with Crippen LogP contribution in [0.4, 0.5) is 0 Å². The van der Waals surface area contributed by atoms with Gasteiger partial charge in [-0.05, 0) is 30.9 Å². The third kappa shape index (κ3) is 3.48. The Balaban J connectivity index is 0.00000176. The van der Waals surface area contributed by atoms with E-state index in [1.165, 1.54) is 11.3 Å². The molecule has 1 atom stereocenters. The number of thiophene rings is 1. The lowest BCUT2D eigenvalue weighted by Crippen LogP contribution is -2.41. The largest absolute Gasteiger partial charge is 0.347 e. The summed E-state index contributed by atoms with van der Waals surface area (Å²) in [7, 11) is 0. The zero-order chi connectivity index (χ0) is 15.1. The van der Waals surface area contributed by atoms with Crippen LogP contribution in [0.1, 0.15) is 22.5 Å². The minimum absolute atomic E-state index is 0. The lowest BCUT2D eigenvalue weighted by Gasteiger charge is -2.15. The van der Waals surface area contributed by atoms with Crippen LogP contribution in [0, 0.1) is 5.92 Å². The van der Waals surface area contributed by atoms with Crippen molar-refractivity contribution in [1.29, 1.82) is 0 Å². The van der Waals surface area contributed by atoms with Crippen LogP contribution < -0.4 is 11.1 Å². The van der Waals surface area contributed by atoms with Gasteiger partial charge >= 0.3 is 0 Å². The van der Waals surface area contributed by atoms with E-state index in [1.807, 2.05) is 0 Å². The number of benzene rings is 1. The molecule has 120 valence electrons. The predicted octanol–water partition coefficient (Wildman–Crippen LogP) is 4.75. The van der Waals surface area contributed by atoms with Gasteiger partial charge in [-0.25, -0.2) is 0 Å². The van der Waals surface area contributed by atoms with Gasteiger partial charge in [0.15, 0.2) is 0 Å². The van der Waals surface area contributed by atoms with Gasteiger partial charge in [-0.15, -0.1) is 23.7 Å². The summed E-state index contributed by atoms with van der Waals surface area (Å²) in [4.78, 5) is 12.9. The van der Waals surface area contributed by atoms with Gasteiger partial charge in [-0.3, -0.25) is 4.79 Å². The molecule has 0 bridgehead atoms. The summed E-state index contributed by atoms with van der Waals surface area (Å²) in [5, 5.41) is 4.99. The van der Waals surface area contributed by atoms with E-state index in [9.17, 15) is 4.79 Å². The number of rotatable bonds is 4. The SMILES string of the molecule is Cl.NCC(NC(=O)c1sc2cc(Cl)cc(Cl)c2c1Cl)C1CC1. The molecule has 1 aliphatic rings. The number of nitrogens with two attached hydrogens (primary N) is 1. The second-order valence-corrected chi connectivity index (χ2v) is 7.43. The number of carbonyl (C=O) groups is 1. The molecule has 1 saturated carbocycles. The van der Waals surface area contributed by atoms with Gasteiger partial charge in [0.2, 0.25) is 0 Å². The first-order valence-electron chi connectivity index (χ1n) is 6.59. The minimum Gasteiger partial charge on any atom is -0.347 e. The van der Waals surface area contributed by atoms with E-state index in [2.05, 4.69) is 5.32 Å². The maximum Gasteiger partial charge on any atom is 0.263 e. The van der Waals surface area contributed by atoms with Crippen molar-refractivity contribution in [3.05, 3.63) is 32.1 Å². The molecule has 1 aromatic carbocycles. The lowest BCUT2D eigenvalue weighted by molar-refractivity contribution is 0.0938. The van der Waals surface area contributed by atoms with Gasteiger partial charge < -0.3 is 11.1 Å². The van der Waals surface area contributed by atoms with Gasteiger partial charge in [0, 0.05) is 27.7 Å². The topological polar surface area (TPSA) is 55.1 Å². The Hall–Kier alpha value is -0.230. The molecule has 3 nitrogen and oxygen atoms in total. The fraction of sp³-hybridized carbons (Fsp3) is 0.357. The Morgan fingerprint density at radius 3 is 2.64 bits per heavy atom. The van der Waals surface area contributed by atoms with Crippen LogP contribution in [-0.2, 0) is 0 Å². The molecule has 8 heteroatoms. The highest BCUT2D eigenvalue weighted by atomic mass is 35.5. The van der Waals surface area contributed by atoms with Crippen molar-refractivity contribution in [1.82, 2.24) is 5.32 Å². The zero-order valence-corrected chi connectivity index (χ0v) is 15.3. The van der Waals surface area contributed by atoms with Crippen LogP contribution in [0.5, 0.6) is 0 Å². The molecule has 22 heavy (non-hydrogen) atoms. The molecule has 0 spiro atoms. The Kier molecular flexibility index (Phi) is 5.86. The van der Waals surface area contributed by atoms with Crippen LogP contribution in [-0.4, -0.2) is 18.5 Å². The van der Waals surface area contributed by atoms with E-state index in [1.54, 1.807) is 12.1 Å². The lowest BCUT2D eigenvalue weighted by atomic mass is 10.2. The van der Waals surface area contributed by atoms with E-state index in [-0.39, 0.29) is 24.4 Å². The predicted molar refractivity (Wildman–Crippen MR) is 97.1 cm³/mol. The first-order valence-corrected chi connectivity index (χ1v) is 8.54. The van der Waals surface area contributed by atoms with Crippen LogP contribution in [0.15, 0.2) is 12.1 Å². The molecule has 0 saturated heterocycles. The van der Waals surface area contributed by atoms with Crippen molar-refractivity contribution < 1.29 is 4.79 Å². The molecule has 1 aliphatic carbocycles. The van der Waals surface area contributed by atoms with Gasteiger partial charge in [0.25, 0.3) is 5.91 Å². The van der Waals surface area contributed by atoms with Crippen LogP contribution in [0.25, 0.3) is 10.1 Å². The van der Waals surface area contributed by atoms with E-state index >= 15 is 0 Å². The highest BCUT2D eigenvalue weighted by Gasteiger charge is 2.32. The zero-order valence-electron chi connectivity index (χ0n) is 11.4. The molecule has 1 unspecified atom stereocenters. The quantitative estimate of drug-likeness (QED) is 0.779. The summed E-state index contributed by atoms with van der Waals surface area (Å²) in [6, 6.07) is 3.40. The first-order chi connectivity index (χ1) is 10.0. The van der Waals surface area contributed by atoms with E-state index in [0.717, 1.165) is 17.5 Å². The van der Waals surface area contributed by atoms with Gasteiger partial charge in [-0.1, -0.05) is 34.8 Å². The number of amides is 1. The van der Waals surface area contributed by atoms with Crippen molar-refractivity contribution >= 4 is 74.5 Å².